The fourth-order valence-electron chi connectivity index (χ4n) is 6.70. The lowest BCUT2D eigenvalue weighted by atomic mass is 9.99. The van der Waals surface area contributed by atoms with Crippen LogP contribution in [0.1, 0.15) is 16.7 Å². The zero-order valence-corrected chi connectivity index (χ0v) is 25.0. The van der Waals surface area contributed by atoms with Gasteiger partial charge in [0.1, 0.15) is 0 Å². The summed E-state index contributed by atoms with van der Waals surface area (Å²) in [4.78, 5) is 0. The van der Waals surface area contributed by atoms with Gasteiger partial charge in [-0.2, -0.15) is 0 Å². The maximum Gasteiger partial charge on any atom is 0.0547 e. The number of fused-ring (bicyclic) bond motifs is 6. The van der Waals surface area contributed by atoms with Crippen LogP contribution in [0.4, 0.5) is 0 Å². The first kappa shape index (κ1) is 26.1. The molecule has 2 aromatic heterocycles. The van der Waals surface area contributed by atoms with E-state index in [-0.39, 0.29) is 0 Å². The van der Waals surface area contributed by atoms with Crippen LogP contribution in [0.2, 0.25) is 0 Å². The van der Waals surface area contributed by atoms with E-state index in [1.807, 2.05) is 12.2 Å². The Morgan fingerprint density at radius 2 is 1.07 bits per heavy atom. The molecule has 0 aliphatic heterocycles. The summed E-state index contributed by atoms with van der Waals surface area (Å²) in [5.74, 6) is 0. The molecule has 8 rings (SSSR count). The van der Waals surface area contributed by atoms with Gasteiger partial charge in [-0.05, 0) is 103 Å². The summed E-state index contributed by atoms with van der Waals surface area (Å²) in [5, 5.41) is 5.05. The van der Waals surface area contributed by atoms with Gasteiger partial charge in [-0.25, -0.2) is 0 Å². The fourth-order valence-corrected chi connectivity index (χ4v) is 6.70. The summed E-state index contributed by atoms with van der Waals surface area (Å²) in [7, 11) is 0. The molecule has 0 amide bonds. The molecule has 210 valence electrons. The van der Waals surface area contributed by atoms with Crippen molar-refractivity contribution in [1.82, 2.24) is 9.13 Å². The molecule has 0 atom stereocenters. The van der Waals surface area contributed by atoms with Crippen molar-refractivity contribution in [2.45, 2.75) is 13.8 Å². The van der Waals surface area contributed by atoms with Crippen molar-refractivity contribution < 1.29 is 0 Å². The largest absolute Gasteiger partial charge is 0.309 e. The number of hydrogen-bond acceptors (Lipinski definition) is 0. The molecule has 8 aromatic rings. The first-order valence-corrected chi connectivity index (χ1v) is 15.1. The lowest BCUT2D eigenvalue weighted by Gasteiger charge is -2.10. The van der Waals surface area contributed by atoms with Crippen LogP contribution in [-0.4, -0.2) is 9.13 Å². The average molecular weight is 565 g/mol. The second kappa shape index (κ2) is 10.3. The van der Waals surface area contributed by atoms with Crippen LogP contribution < -0.4 is 0 Å². The van der Waals surface area contributed by atoms with Gasteiger partial charge in [0.15, 0.2) is 0 Å². The third-order valence-corrected chi connectivity index (χ3v) is 8.88. The first-order chi connectivity index (χ1) is 21.6. The summed E-state index contributed by atoms with van der Waals surface area (Å²) in [5.41, 5.74) is 13.3. The molecule has 0 aliphatic carbocycles. The molecule has 0 saturated carbocycles. The van der Waals surface area contributed by atoms with Crippen molar-refractivity contribution in [2.75, 3.05) is 0 Å². The Kier molecular flexibility index (Phi) is 6.09. The van der Waals surface area contributed by atoms with Gasteiger partial charge in [0, 0.05) is 32.9 Å². The SMILES string of the molecule is C=C/C=C\c1cc2c(cc1C)c1cc(-c3ccc4c(c3)c3ccccc3n4-c3ccccc3)ccc1n2-c1ccc(C)cc1. The van der Waals surface area contributed by atoms with Gasteiger partial charge in [0.25, 0.3) is 0 Å². The first-order valence-electron chi connectivity index (χ1n) is 15.1. The highest BCUT2D eigenvalue weighted by Crippen LogP contribution is 2.39. The van der Waals surface area contributed by atoms with Gasteiger partial charge >= 0.3 is 0 Å². The highest BCUT2D eigenvalue weighted by Gasteiger charge is 2.17. The van der Waals surface area contributed by atoms with E-state index in [2.05, 4.69) is 163 Å². The van der Waals surface area contributed by atoms with E-state index >= 15 is 0 Å². The maximum absolute atomic E-state index is 3.87. The second-order valence-electron chi connectivity index (χ2n) is 11.6. The number of aryl methyl sites for hydroxylation is 2. The Bertz CT molecular complexity index is 2400. The van der Waals surface area contributed by atoms with E-state index in [0.29, 0.717) is 0 Å². The summed E-state index contributed by atoms with van der Waals surface area (Å²) in [6.45, 7) is 8.20. The van der Waals surface area contributed by atoms with E-state index in [1.165, 1.54) is 82.8 Å². The van der Waals surface area contributed by atoms with Crippen LogP contribution in [0, 0.1) is 13.8 Å². The minimum absolute atomic E-state index is 1.17. The van der Waals surface area contributed by atoms with Gasteiger partial charge in [-0.1, -0.05) is 91.0 Å². The van der Waals surface area contributed by atoms with Crippen molar-refractivity contribution >= 4 is 49.7 Å². The summed E-state index contributed by atoms with van der Waals surface area (Å²) < 4.78 is 4.77. The normalized spacial score (nSPS) is 11.9. The molecule has 0 saturated heterocycles. The third kappa shape index (κ3) is 4.11. The van der Waals surface area contributed by atoms with Crippen LogP contribution in [-0.2, 0) is 0 Å². The zero-order chi connectivity index (χ0) is 29.8. The van der Waals surface area contributed by atoms with Gasteiger partial charge in [0.2, 0.25) is 0 Å². The molecule has 2 heteroatoms. The molecule has 0 aliphatic rings. The maximum atomic E-state index is 3.87. The quantitative estimate of drug-likeness (QED) is 0.184. The van der Waals surface area contributed by atoms with Crippen LogP contribution >= 0.6 is 0 Å². The molecule has 2 heterocycles. The van der Waals surface area contributed by atoms with E-state index < -0.39 is 0 Å². The zero-order valence-electron chi connectivity index (χ0n) is 25.0. The summed E-state index contributed by atoms with van der Waals surface area (Å²) >= 11 is 0. The number of aromatic nitrogens is 2. The number of rotatable bonds is 5. The number of allylic oxidation sites excluding steroid dienone is 2. The van der Waals surface area contributed by atoms with Crippen molar-refractivity contribution in [3.05, 3.63) is 163 Å². The van der Waals surface area contributed by atoms with E-state index in [9.17, 15) is 0 Å². The topological polar surface area (TPSA) is 9.86 Å². The minimum atomic E-state index is 1.17. The number of hydrogen-bond donors (Lipinski definition) is 0. The number of benzene rings is 6. The molecule has 0 fully saturated rings. The highest BCUT2D eigenvalue weighted by atomic mass is 15.0. The monoisotopic (exact) mass is 564 g/mol. The number of nitrogens with zero attached hydrogens (tertiary/aromatic N) is 2. The summed E-state index contributed by atoms with van der Waals surface area (Å²) in [6, 6.07) is 46.7. The Labute approximate surface area is 257 Å². The molecule has 0 bridgehead atoms. The molecular formula is C42H32N2. The van der Waals surface area contributed by atoms with E-state index in [1.54, 1.807) is 0 Å². The predicted octanol–water partition coefficient (Wildman–Crippen LogP) is 11.4. The van der Waals surface area contributed by atoms with E-state index in [0.717, 1.165) is 0 Å². The minimum Gasteiger partial charge on any atom is -0.309 e. The predicted molar refractivity (Wildman–Crippen MR) is 189 cm³/mol. The Morgan fingerprint density at radius 1 is 0.500 bits per heavy atom. The molecule has 2 nitrogen and oxygen atoms in total. The molecule has 44 heavy (non-hydrogen) atoms. The Hall–Kier alpha value is -5.60. The van der Waals surface area contributed by atoms with E-state index in [4.69, 9.17) is 0 Å². The smallest absolute Gasteiger partial charge is 0.0547 e. The third-order valence-electron chi connectivity index (χ3n) is 8.88. The highest BCUT2D eigenvalue weighted by molar-refractivity contribution is 6.13. The van der Waals surface area contributed by atoms with Gasteiger partial charge in [-0.15, -0.1) is 0 Å². The molecule has 0 N–H and O–H groups in total. The van der Waals surface area contributed by atoms with Crippen LogP contribution in [0.25, 0.3) is 72.2 Å². The molecule has 6 aromatic carbocycles. The van der Waals surface area contributed by atoms with Gasteiger partial charge < -0.3 is 9.13 Å². The van der Waals surface area contributed by atoms with Gasteiger partial charge in [-0.3, -0.25) is 0 Å². The molecule has 0 radical (unpaired) electrons. The Morgan fingerprint density at radius 3 is 1.77 bits per heavy atom. The lowest BCUT2D eigenvalue weighted by molar-refractivity contribution is 1.17. The van der Waals surface area contributed by atoms with Crippen LogP contribution in [0.15, 0.2) is 146 Å². The van der Waals surface area contributed by atoms with Crippen molar-refractivity contribution in [3.63, 3.8) is 0 Å². The molecule has 0 unspecified atom stereocenters. The number of para-hydroxylation sites is 2. The standard InChI is InChI=1S/C42H32N2/c1-4-5-11-30-27-42-36(24-29(30)3)38-26-32(19-23-41(38)44(42)34-20-16-28(2)17-21-34)31-18-22-40-37(25-31)35-14-9-10-15-39(35)43(40)33-12-7-6-8-13-33/h4-27H,1H2,2-3H3/b11-5-. The lowest BCUT2D eigenvalue weighted by Crippen LogP contribution is -1.94. The molecular weight excluding hydrogens is 532 g/mol. The van der Waals surface area contributed by atoms with Gasteiger partial charge in [0.05, 0.1) is 22.1 Å². The van der Waals surface area contributed by atoms with Crippen molar-refractivity contribution in [1.29, 1.82) is 0 Å². The van der Waals surface area contributed by atoms with Crippen LogP contribution in [0.5, 0.6) is 0 Å². The fraction of sp³-hybridized carbons (Fsp3) is 0.0476. The van der Waals surface area contributed by atoms with Crippen molar-refractivity contribution in [3.8, 4) is 22.5 Å². The van der Waals surface area contributed by atoms with Crippen molar-refractivity contribution in [2.24, 2.45) is 0 Å². The summed E-state index contributed by atoms with van der Waals surface area (Å²) in [6.07, 6.45) is 5.99. The average Bonchev–Trinajstić information content (AvgIpc) is 3.56. The van der Waals surface area contributed by atoms with Crippen LogP contribution in [0.3, 0.4) is 0 Å². The molecule has 0 spiro atoms. The second-order valence-corrected chi connectivity index (χ2v) is 11.6. The Balaban J connectivity index is 1.36.